The monoisotopic (exact) mass is 243 g/mol. The summed E-state index contributed by atoms with van der Waals surface area (Å²) in [6, 6.07) is 5.94. The first kappa shape index (κ1) is 11.2. The van der Waals surface area contributed by atoms with Crippen molar-refractivity contribution in [3.05, 3.63) is 23.8 Å². The van der Waals surface area contributed by atoms with Crippen LogP contribution < -0.4 is 5.73 Å². The van der Waals surface area contributed by atoms with Gasteiger partial charge in [0.25, 0.3) is 0 Å². The number of nitrogens with zero attached hydrogens (tertiary/aromatic N) is 4. The molecule has 0 amide bonds. The van der Waals surface area contributed by atoms with E-state index in [0.29, 0.717) is 0 Å². The van der Waals surface area contributed by atoms with Crippen molar-refractivity contribution < 1.29 is 0 Å². The lowest BCUT2D eigenvalue weighted by Gasteiger charge is -2.25. The lowest BCUT2D eigenvalue weighted by molar-refractivity contribution is 0.265. The minimum absolute atomic E-state index is 0.731. The van der Waals surface area contributed by atoms with E-state index in [9.17, 15) is 0 Å². The number of anilines is 1. The number of aromatic nitrogens is 4. The first-order chi connectivity index (χ1) is 8.72. The van der Waals surface area contributed by atoms with E-state index in [2.05, 4.69) is 21.6 Å². The summed E-state index contributed by atoms with van der Waals surface area (Å²) >= 11 is 0. The van der Waals surface area contributed by atoms with Crippen molar-refractivity contribution >= 4 is 5.69 Å². The molecule has 0 radical (unpaired) electrons. The fourth-order valence-electron chi connectivity index (χ4n) is 2.40. The number of hydrogen-bond donors (Lipinski definition) is 1. The maximum absolute atomic E-state index is 5.88. The summed E-state index contributed by atoms with van der Waals surface area (Å²) in [7, 11) is 0. The molecule has 0 unspecified atom stereocenters. The third-order valence-corrected chi connectivity index (χ3v) is 3.55. The zero-order chi connectivity index (χ0) is 12.5. The summed E-state index contributed by atoms with van der Waals surface area (Å²) in [5.74, 6) is 1.55. The van der Waals surface area contributed by atoms with Crippen LogP contribution in [0.15, 0.2) is 18.2 Å². The molecule has 1 aliphatic carbocycles. The van der Waals surface area contributed by atoms with Gasteiger partial charge in [-0.25, -0.2) is 4.68 Å². The zero-order valence-corrected chi connectivity index (χ0v) is 10.5. The Bertz CT molecular complexity index is 536. The summed E-state index contributed by atoms with van der Waals surface area (Å²) in [6.45, 7) is 2.94. The quantitative estimate of drug-likeness (QED) is 0.837. The predicted molar refractivity (Wildman–Crippen MR) is 69.7 cm³/mol. The fraction of sp³-hybridized carbons (Fsp3) is 0.462. The van der Waals surface area contributed by atoms with Gasteiger partial charge >= 0.3 is 0 Å². The van der Waals surface area contributed by atoms with Gasteiger partial charge in [0.15, 0.2) is 5.82 Å². The van der Waals surface area contributed by atoms with Crippen LogP contribution in [0.4, 0.5) is 5.69 Å². The Morgan fingerprint density at radius 2 is 2.17 bits per heavy atom. The number of tetrazole rings is 1. The zero-order valence-electron chi connectivity index (χ0n) is 10.5. The normalized spacial score (nSPS) is 15.6. The first-order valence-corrected chi connectivity index (χ1v) is 6.36. The summed E-state index contributed by atoms with van der Waals surface area (Å²) in [4.78, 5) is 0. The van der Waals surface area contributed by atoms with Crippen LogP contribution in [0.2, 0.25) is 0 Å². The molecular weight excluding hydrogens is 226 g/mol. The SMILES string of the molecule is Cc1cc(N)cc(-c2nnnn2CC2CCC2)c1. The highest BCUT2D eigenvalue weighted by Gasteiger charge is 2.20. The van der Waals surface area contributed by atoms with E-state index in [-0.39, 0.29) is 0 Å². The standard InChI is InChI=1S/C13H17N5/c1-9-5-11(7-12(14)6-9)13-15-16-17-18(13)8-10-3-2-4-10/h5-7,10H,2-4,8,14H2,1H3. The molecule has 2 aromatic rings. The van der Waals surface area contributed by atoms with Crippen LogP contribution in [-0.2, 0) is 6.54 Å². The second-order valence-electron chi connectivity index (χ2n) is 5.11. The molecule has 0 atom stereocenters. The molecule has 18 heavy (non-hydrogen) atoms. The van der Waals surface area contributed by atoms with E-state index in [1.807, 2.05) is 23.7 Å². The lowest BCUT2D eigenvalue weighted by atomic mass is 9.85. The molecule has 0 bridgehead atoms. The van der Waals surface area contributed by atoms with Crippen LogP contribution in [0, 0.1) is 12.8 Å². The van der Waals surface area contributed by atoms with Gasteiger partial charge in [-0.05, 0) is 59.9 Å². The summed E-state index contributed by atoms with van der Waals surface area (Å²) in [5.41, 5.74) is 8.75. The van der Waals surface area contributed by atoms with Crippen molar-refractivity contribution in [1.82, 2.24) is 20.2 Å². The Hall–Kier alpha value is -1.91. The van der Waals surface area contributed by atoms with Crippen LogP contribution in [0.5, 0.6) is 0 Å². The van der Waals surface area contributed by atoms with Gasteiger partial charge in [-0.3, -0.25) is 0 Å². The Balaban J connectivity index is 1.92. The average Bonchev–Trinajstić information content (AvgIpc) is 2.70. The Labute approximate surface area is 106 Å². The van der Waals surface area contributed by atoms with Gasteiger partial charge in [0.05, 0.1) is 0 Å². The van der Waals surface area contributed by atoms with Crippen molar-refractivity contribution in [1.29, 1.82) is 0 Å². The fourth-order valence-corrected chi connectivity index (χ4v) is 2.40. The number of benzene rings is 1. The minimum Gasteiger partial charge on any atom is -0.399 e. The molecule has 1 saturated carbocycles. The summed E-state index contributed by atoms with van der Waals surface area (Å²) in [5, 5.41) is 12.0. The largest absolute Gasteiger partial charge is 0.399 e. The molecule has 1 aromatic carbocycles. The predicted octanol–water partition coefficient (Wildman–Crippen LogP) is 2.03. The van der Waals surface area contributed by atoms with Gasteiger partial charge in [-0.1, -0.05) is 6.42 Å². The van der Waals surface area contributed by atoms with Crippen LogP contribution in [0.25, 0.3) is 11.4 Å². The summed E-state index contributed by atoms with van der Waals surface area (Å²) in [6.07, 6.45) is 3.91. The Morgan fingerprint density at radius 3 is 2.83 bits per heavy atom. The van der Waals surface area contributed by atoms with Crippen LogP contribution in [0.1, 0.15) is 24.8 Å². The molecular formula is C13H17N5. The first-order valence-electron chi connectivity index (χ1n) is 6.36. The van der Waals surface area contributed by atoms with E-state index >= 15 is 0 Å². The van der Waals surface area contributed by atoms with Crippen molar-refractivity contribution in [3.8, 4) is 11.4 Å². The third kappa shape index (κ3) is 2.08. The van der Waals surface area contributed by atoms with E-state index in [0.717, 1.165) is 35.1 Å². The van der Waals surface area contributed by atoms with Crippen molar-refractivity contribution in [2.24, 2.45) is 5.92 Å². The Morgan fingerprint density at radius 1 is 1.33 bits per heavy atom. The van der Waals surface area contributed by atoms with Crippen molar-refractivity contribution in [2.75, 3.05) is 5.73 Å². The second kappa shape index (κ2) is 4.40. The molecule has 0 spiro atoms. The highest BCUT2D eigenvalue weighted by atomic mass is 15.5. The van der Waals surface area contributed by atoms with Gasteiger partial charge in [0.2, 0.25) is 0 Å². The maximum atomic E-state index is 5.88. The molecule has 1 heterocycles. The van der Waals surface area contributed by atoms with E-state index in [4.69, 9.17) is 5.73 Å². The molecule has 5 nitrogen and oxygen atoms in total. The van der Waals surface area contributed by atoms with Crippen LogP contribution >= 0.6 is 0 Å². The van der Waals surface area contributed by atoms with Crippen LogP contribution in [-0.4, -0.2) is 20.2 Å². The topological polar surface area (TPSA) is 69.6 Å². The van der Waals surface area contributed by atoms with Gasteiger partial charge < -0.3 is 5.73 Å². The highest BCUT2D eigenvalue weighted by Crippen LogP contribution is 2.29. The van der Waals surface area contributed by atoms with Crippen LogP contribution in [0.3, 0.4) is 0 Å². The lowest BCUT2D eigenvalue weighted by Crippen LogP contribution is -2.19. The minimum atomic E-state index is 0.731. The van der Waals surface area contributed by atoms with Gasteiger partial charge in [-0.15, -0.1) is 5.10 Å². The molecule has 0 saturated heterocycles. The number of aryl methyl sites for hydroxylation is 1. The maximum Gasteiger partial charge on any atom is 0.182 e. The van der Waals surface area contributed by atoms with Crippen molar-refractivity contribution in [3.63, 3.8) is 0 Å². The van der Waals surface area contributed by atoms with Gasteiger partial charge in [0, 0.05) is 17.8 Å². The summed E-state index contributed by atoms with van der Waals surface area (Å²) < 4.78 is 1.90. The van der Waals surface area contributed by atoms with E-state index in [1.165, 1.54) is 19.3 Å². The second-order valence-corrected chi connectivity index (χ2v) is 5.11. The molecule has 1 fully saturated rings. The van der Waals surface area contributed by atoms with Gasteiger partial charge in [-0.2, -0.15) is 0 Å². The van der Waals surface area contributed by atoms with E-state index in [1.54, 1.807) is 0 Å². The van der Waals surface area contributed by atoms with Crippen molar-refractivity contribution in [2.45, 2.75) is 32.7 Å². The van der Waals surface area contributed by atoms with E-state index < -0.39 is 0 Å². The molecule has 94 valence electrons. The Kier molecular flexibility index (Phi) is 2.74. The number of rotatable bonds is 3. The number of nitrogen functional groups attached to an aromatic ring is 1. The number of hydrogen-bond acceptors (Lipinski definition) is 4. The molecule has 0 aliphatic heterocycles. The third-order valence-electron chi connectivity index (χ3n) is 3.55. The number of nitrogens with two attached hydrogens (primary N) is 1. The average molecular weight is 243 g/mol. The molecule has 1 aliphatic rings. The molecule has 5 heteroatoms. The molecule has 2 N–H and O–H groups in total. The molecule has 1 aromatic heterocycles. The van der Waals surface area contributed by atoms with Gasteiger partial charge in [0.1, 0.15) is 0 Å². The highest BCUT2D eigenvalue weighted by molar-refractivity contribution is 5.62. The molecule has 3 rings (SSSR count). The smallest absolute Gasteiger partial charge is 0.182 e.